The third-order valence-corrected chi connectivity index (χ3v) is 3.16. The van der Waals surface area contributed by atoms with Crippen LogP contribution in [0.1, 0.15) is 12.0 Å². The molecule has 1 fully saturated rings. The van der Waals surface area contributed by atoms with E-state index in [0.717, 1.165) is 5.06 Å². The molecule has 0 aliphatic carbocycles. The quantitative estimate of drug-likeness (QED) is 0.826. The maximum Gasteiger partial charge on any atom is 0.153 e. The number of benzene rings is 1. The summed E-state index contributed by atoms with van der Waals surface area (Å²) < 4.78 is 14.4. The molecule has 1 atom stereocenters. The second kappa shape index (κ2) is 3.91. The minimum Gasteiger partial charge on any atom is -0.314 e. The van der Waals surface area contributed by atoms with Crippen LogP contribution in [0.25, 0.3) is 0 Å². The van der Waals surface area contributed by atoms with Crippen molar-refractivity contribution in [1.29, 1.82) is 0 Å². The molecule has 15 heavy (non-hydrogen) atoms. The first-order chi connectivity index (χ1) is 7.01. The Morgan fingerprint density at radius 1 is 1.40 bits per heavy atom. The monoisotopic (exact) mass is 249 g/mol. The Bertz CT molecular complexity index is 388. The van der Waals surface area contributed by atoms with E-state index in [1.807, 2.05) is 0 Å². The molecular formula is C10H10Cl2FNO. The van der Waals surface area contributed by atoms with Gasteiger partial charge in [0.25, 0.3) is 0 Å². The minimum absolute atomic E-state index is 0.0473. The smallest absolute Gasteiger partial charge is 0.153 e. The lowest BCUT2D eigenvalue weighted by Crippen LogP contribution is -2.25. The first-order valence-electron chi connectivity index (χ1n) is 4.59. The zero-order valence-electron chi connectivity index (χ0n) is 7.88. The average molecular weight is 250 g/mol. The Balaban J connectivity index is 2.37. The highest BCUT2D eigenvalue weighted by molar-refractivity contribution is 6.35. The molecule has 0 amide bonds. The SMILES string of the molecule is ON1CCC(F)(c2ccc(Cl)cc2Cl)C1. The number of hydrogen-bond donors (Lipinski definition) is 1. The first kappa shape index (κ1) is 11.1. The van der Waals surface area contributed by atoms with Crippen LogP contribution in [0.4, 0.5) is 4.39 Å². The number of alkyl halides is 1. The fraction of sp³-hybridized carbons (Fsp3) is 0.400. The van der Waals surface area contributed by atoms with E-state index in [0.29, 0.717) is 22.2 Å². The van der Waals surface area contributed by atoms with Gasteiger partial charge >= 0.3 is 0 Å². The van der Waals surface area contributed by atoms with Gasteiger partial charge in [-0.15, -0.1) is 0 Å². The molecule has 1 heterocycles. The van der Waals surface area contributed by atoms with Gasteiger partial charge in [0.2, 0.25) is 0 Å². The molecule has 2 nitrogen and oxygen atoms in total. The molecule has 0 aromatic heterocycles. The van der Waals surface area contributed by atoms with E-state index in [-0.39, 0.29) is 13.0 Å². The van der Waals surface area contributed by atoms with E-state index in [4.69, 9.17) is 23.2 Å². The lowest BCUT2D eigenvalue weighted by Gasteiger charge is -2.20. The largest absolute Gasteiger partial charge is 0.314 e. The predicted octanol–water partition coefficient (Wildman–Crippen LogP) is 3.25. The van der Waals surface area contributed by atoms with Gasteiger partial charge in [0.05, 0.1) is 6.54 Å². The van der Waals surface area contributed by atoms with Gasteiger partial charge in [0.15, 0.2) is 5.67 Å². The van der Waals surface area contributed by atoms with Gasteiger partial charge in [-0.05, 0) is 12.1 Å². The number of hydroxylamine groups is 2. The maximum atomic E-state index is 14.4. The first-order valence-corrected chi connectivity index (χ1v) is 5.35. The van der Waals surface area contributed by atoms with Crippen molar-refractivity contribution in [3.63, 3.8) is 0 Å². The lowest BCUT2D eigenvalue weighted by molar-refractivity contribution is -0.0804. The summed E-state index contributed by atoms with van der Waals surface area (Å²) in [5.41, 5.74) is -1.18. The lowest BCUT2D eigenvalue weighted by atomic mass is 9.95. The maximum absolute atomic E-state index is 14.4. The topological polar surface area (TPSA) is 23.5 Å². The summed E-state index contributed by atoms with van der Waals surface area (Å²) in [6, 6.07) is 4.69. The molecule has 1 N–H and O–H groups in total. The van der Waals surface area contributed by atoms with Crippen LogP contribution in [-0.2, 0) is 5.67 Å². The summed E-state index contributed by atoms with van der Waals surface area (Å²) in [5, 5.41) is 10.9. The molecule has 1 aliphatic heterocycles. The molecule has 1 aliphatic rings. The second-order valence-electron chi connectivity index (χ2n) is 3.73. The molecule has 2 rings (SSSR count). The summed E-state index contributed by atoms with van der Waals surface area (Å²) in [6.45, 7) is 0.268. The van der Waals surface area contributed by atoms with Gasteiger partial charge in [0, 0.05) is 28.6 Å². The Labute approximate surface area is 97.2 Å². The minimum atomic E-state index is -1.57. The van der Waals surface area contributed by atoms with Crippen molar-refractivity contribution < 1.29 is 9.60 Å². The molecule has 5 heteroatoms. The van der Waals surface area contributed by atoms with Crippen LogP contribution in [0.3, 0.4) is 0 Å². The zero-order valence-corrected chi connectivity index (χ0v) is 9.39. The Hall–Kier alpha value is -0.350. The fourth-order valence-electron chi connectivity index (χ4n) is 1.83. The van der Waals surface area contributed by atoms with E-state index < -0.39 is 5.67 Å². The van der Waals surface area contributed by atoms with Crippen molar-refractivity contribution in [2.75, 3.05) is 13.1 Å². The molecular weight excluding hydrogens is 240 g/mol. The average Bonchev–Trinajstić information content (AvgIpc) is 2.46. The highest BCUT2D eigenvalue weighted by atomic mass is 35.5. The van der Waals surface area contributed by atoms with Gasteiger partial charge in [-0.3, -0.25) is 0 Å². The van der Waals surface area contributed by atoms with E-state index in [1.165, 1.54) is 6.07 Å². The predicted molar refractivity (Wildman–Crippen MR) is 57.2 cm³/mol. The molecule has 0 saturated carbocycles. The van der Waals surface area contributed by atoms with Crippen LogP contribution < -0.4 is 0 Å². The van der Waals surface area contributed by atoms with Gasteiger partial charge in [-0.1, -0.05) is 29.3 Å². The Morgan fingerprint density at radius 2 is 2.13 bits per heavy atom. The van der Waals surface area contributed by atoms with Gasteiger partial charge < -0.3 is 5.21 Å². The van der Waals surface area contributed by atoms with E-state index in [1.54, 1.807) is 12.1 Å². The van der Waals surface area contributed by atoms with E-state index in [9.17, 15) is 9.60 Å². The van der Waals surface area contributed by atoms with Crippen molar-refractivity contribution in [2.24, 2.45) is 0 Å². The van der Waals surface area contributed by atoms with Crippen molar-refractivity contribution in [2.45, 2.75) is 12.1 Å². The summed E-state index contributed by atoms with van der Waals surface area (Å²) in [7, 11) is 0. The fourth-order valence-corrected chi connectivity index (χ4v) is 2.40. The van der Waals surface area contributed by atoms with Crippen LogP contribution in [0.15, 0.2) is 18.2 Å². The van der Waals surface area contributed by atoms with Gasteiger partial charge in [-0.25, -0.2) is 4.39 Å². The normalized spacial score (nSPS) is 27.2. The van der Waals surface area contributed by atoms with Crippen LogP contribution in [0.2, 0.25) is 10.0 Å². The number of nitrogens with zero attached hydrogens (tertiary/aromatic N) is 1. The standard InChI is InChI=1S/C10H10Cl2FNO/c11-7-1-2-8(9(12)5-7)10(13)3-4-14(15)6-10/h1-2,5,15H,3-4,6H2. The Morgan fingerprint density at radius 3 is 2.67 bits per heavy atom. The molecule has 1 unspecified atom stereocenters. The Kier molecular flexibility index (Phi) is 2.90. The molecule has 82 valence electrons. The van der Waals surface area contributed by atoms with E-state index >= 15 is 0 Å². The molecule has 1 saturated heterocycles. The van der Waals surface area contributed by atoms with Crippen LogP contribution in [0, 0.1) is 0 Å². The second-order valence-corrected chi connectivity index (χ2v) is 4.57. The summed E-state index contributed by atoms with van der Waals surface area (Å²) in [4.78, 5) is 0. The molecule has 1 aromatic carbocycles. The third kappa shape index (κ3) is 2.11. The van der Waals surface area contributed by atoms with Crippen molar-refractivity contribution in [1.82, 2.24) is 5.06 Å². The summed E-state index contributed by atoms with van der Waals surface area (Å²) >= 11 is 11.7. The van der Waals surface area contributed by atoms with Gasteiger partial charge in [0.1, 0.15) is 0 Å². The van der Waals surface area contributed by atoms with Crippen LogP contribution in [-0.4, -0.2) is 23.4 Å². The van der Waals surface area contributed by atoms with E-state index in [2.05, 4.69) is 0 Å². The summed E-state index contributed by atoms with van der Waals surface area (Å²) in [6.07, 6.45) is 0.241. The molecule has 0 spiro atoms. The van der Waals surface area contributed by atoms with Gasteiger partial charge in [-0.2, -0.15) is 5.06 Å². The van der Waals surface area contributed by atoms with Crippen molar-refractivity contribution >= 4 is 23.2 Å². The number of rotatable bonds is 1. The van der Waals surface area contributed by atoms with Crippen molar-refractivity contribution in [3.05, 3.63) is 33.8 Å². The zero-order chi connectivity index (χ0) is 11.1. The van der Waals surface area contributed by atoms with Crippen LogP contribution >= 0.6 is 23.2 Å². The third-order valence-electron chi connectivity index (χ3n) is 2.61. The number of halogens is 3. The highest BCUT2D eigenvalue weighted by Crippen LogP contribution is 2.39. The summed E-state index contributed by atoms with van der Waals surface area (Å²) in [5.74, 6) is 0. The molecule has 1 aromatic rings. The highest BCUT2D eigenvalue weighted by Gasteiger charge is 2.40. The van der Waals surface area contributed by atoms with Crippen LogP contribution in [0.5, 0.6) is 0 Å². The van der Waals surface area contributed by atoms with Crippen molar-refractivity contribution in [3.8, 4) is 0 Å². The molecule has 0 bridgehead atoms. The molecule has 0 radical (unpaired) electrons. The number of hydrogen-bond acceptors (Lipinski definition) is 2.